The van der Waals surface area contributed by atoms with Crippen molar-refractivity contribution in [1.82, 2.24) is 15.1 Å². The molecule has 0 spiro atoms. The van der Waals surface area contributed by atoms with E-state index in [0.29, 0.717) is 39.1 Å². The van der Waals surface area contributed by atoms with Gasteiger partial charge >= 0.3 is 0 Å². The van der Waals surface area contributed by atoms with E-state index in [-0.39, 0.29) is 17.7 Å². The van der Waals surface area contributed by atoms with Crippen molar-refractivity contribution in [2.75, 3.05) is 52.5 Å². The molecular weight excluding hydrogens is 258 g/mol. The third-order valence-electron chi connectivity index (χ3n) is 4.01. The van der Waals surface area contributed by atoms with Gasteiger partial charge in [-0.3, -0.25) is 9.59 Å². The molecule has 0 bridgehead atoms. The summed E-state index contributed by atoms with van der Waals surface area (Å²) in [6, 6.07) is 0. The third kappa shape index (κ3) is 4.18. The topological polar surface area (TPSA) is 61.9 Å². The van der Waals surface area contributed by atoms with Gasteiger partial charge in [0.2, 0.25) is 11.8 Å². The molecule has 1 N–H and O–H groups in total. The summed E-state index contributed by atoms with van der Waals surface area (Å²) in [7, 11) is 0. The van der Waals surface area contributed by atoms with Crippen LogP contribution in [0.15, 0.2) is 0 Å². The van der Waals surface area contributed by atoms with Crippen LogP contribution in [0.25, 0.3) is 0 Å². The van der Waals surface area contributed by atoms with E-state index in [0.717, 1.165) is 26.2 Å². The SMILES string of the molecule is CC(CCC(=O)N1CCNCC1)C(=O)N1CCOCC1. The van der Waals surface area contributed by atoms with Crippen molar-refractivity contribution in [3.8, 4) is 0 Å². The van der Waals surface area contributed by atoms with Crippen LogP contribution in [0.4, 0.5) is 0 Å². The first-order valence-corrected chi connectivity index (χ1v) is 7.53. The van der Waals surface area contributed by atoms with Gasteiger partial charge in [-0.15, -0.1) is 0 Å². The van der Waals surface area contributed by atoms with Crippen molar-refractivity contribution in [3.63, 3.8) is 0 Å². The van der Waals surface area contributed by atoms with Crippen LogP contribution < -0.4 is 5.32 Å². The van der Waals surface area contributed by atoms with E-state index in [1.807, 2.05) is 16.7 Å². The van der Waals surface area contributed by atoms with Crippen LogP contribution in [0, 0.1) is 5.92 Å². The maximum absolute atomic E-state index is 12.2. The molecule has 2 aliphatic rings. The summed E-state index contributed by atoms with van der Waals surface area (Å²) < 4.78 is 5.25. The lowest BCUT2D eigenvalue weighted by Gasteiger charge is -2.30. The molecule has 1 unspecified atom stereocenters. The Morgan fingerprint density at radius 1 is 1.10 bits per heavy atom. The summed E-state index contributed by atoms with van der Waals surface area (Å²) in [5.41, 5.74) is 0. The van der Waals surface area contributed by atoms with Crippen LogP contribution >= 0.6 is 0 Å². The summed E-state index contributed by atoms with van der Waals surface area (Å²) >= 11 is 0. The molecule has 2 rings (SSSR count). The van der Waals surface area contributed by atoms with Gasteiger partial charge in [0.15, 0.2) is 0 Å². The molecule has 0 aromatic heterocycles. The number of piperazine rings is 1. The van der Waals surface area contributed by atoms with E-state index in [1.165, 1.54) is 0 Å². The smallest absolute Gasteiger partial charge is 0.225 e. The number of carbonyl (C=O) groups is 2. The van der Waals surface area contributed by atoms with Crippen LogP contribution in [0.1, 0.15) is 19.8 Å². The second-order valence-electron chi connectivity index (χ2n) is 5.51. The van der Waals surface area contributed by atoms with E-state index >= 15 is 0 Å². The van der Waals surface area contributed by atoms with E-state index in [4.69, 9.17) is 4.74 Å². The summed E-state index contributed by atoms with van der Waals surface area (Å²) in [5, 5.41) is 3.23. The Kier molecular flexibility index (Phi) is 5.79. The average molecular weight is 283 g/mol. The summed E-state index contributed by atoms with van der Waals surface area (Å²) in [6.07, 6.45) is 1.11. The van der Waals surface area contributed by atoms with Gasteiger partial charge in [-0.2, -0.15) is 0 Å². The fraction of sp³-hybridized carbons (Fsp3) is 0.857. The molecule has 6 nitrogen and oxygen atoms in total. The zero-order valence-electron chi connectivity index (χ0n) is 12.3. The predicted molar refractivity (Wildman–Crippen MR) is 75.2 cm³/mol. The van der Waals surface area contributed by atoms with Crippen LogP contribution in [-0.2, 0) is 14.3 Å². The first-order valence-electron chi connectivity index (χ1n) is 7.53. The standard InChI is InChI=1S/C14H25N3O3/c1-12(14(19)17-8-10-20-11-9-17)2-3-13(18)16-6-4-15-5-7-16/h12,15H,2-11H2,1H3. The molecule has 2 saturated heterocycles. The Bertz CT molecular complexity index is 337. The number of hydrogen-bond acceptors (Lipinski definition) is 4. The quantitative estimate of drug-likeness (QED) is 0.769. The first-order chi connectivity index (χ1) is 9.68. The largest absolute Gasteiger partial charge is 0.378 e. The number of nitrogens with zero attached hydrogens (tertiary/aromatic N) is 2. The lowest BCUT2D eigenvalue weighted by atomic mass is 10.0. The average Bonchev–Trinajstić information content (AvgIpc) is 2.53. The van der Waals surface area contributed by atoms with Crippen LogP contribution in [0.2, 0.25) is 0 Å². The molecule has 0 saturated carbocycles. The highest BCUT2D eigenvalue weighted by Crippen LogP contribution is 2.13. The Hall–Kier alpha value is -1.14. The number of carbonyl (C=O) groups excluding carboxylic acids is 2. The molecule has 114 valence electrons. The Labute approximate surface area is 120 Å². The monoisotopic (exact) mass is 283 g/mol. The lowest BCUT2D eigenvalue weighted by Crippen LogP contribution is -2.46. The summed E-state index contributed by atoms with van der Waals surface area (Å²) in [4.78, 5) is 28.0. The minimum absolute atomic E-state index is 0.0834. The van der Waals surface area contributed by atoms with Crippen molar-refractivity contribution < 1.29 is 14.3 Å². The highest BCUT2D eigenvalue weighted by molar-refractivity contribution is 5.80. The zero-order chi connectivity index (χ0) is 14.4. The molecule has 2 amide bonds. The van der Waals surface area contributed by atoms with E-state index in [1.54, 1.807) is 0 Å². The van der Waals surface area contributed by atoms with Gasteiger partial charge in [0.25, 0.3) is 0 Å². The van der Waals surface area contributed by atoms with Gasteiger partial charge in [0.05, 0.1) is 13.2 Å². The van der Waals surface area contributed by atoms with E-state index < -0.39 is 0 Å². The van der Waals surface area contributed by atoms with E-state index in [9.17, 15) is 9.59 Å². The maximum Gasteiger partial charge on any atom is 0.225 e. The van der Waals surface area contributed by atoms with Gasteiger partial charge in [0.1, 0.15) is 0 Å². The van der Waals surface area contributed by atoms with Gasteiger partial charge in [-0.05, 0) is 6.42 Å². The zero-order valence-corrected chi connectivity index (χ0v) is 12.3. The van der Waals surface area contributed by atoms with Crippen LogP contribution in [0.3, 0.4) is 0 Å². The molecular formula is C14H25N3O3. The van der Waals surface area contributed by atoms with Crippen molar-refractivity contribution in [2.45, 2.75) is 19.8 Å². The Morgan fingerprint density at radius 2 is 1.75 bits per heavy atom. The van der Waals surface area contributed by atoms with Gasteiger partial charge in [0, 0.05) is 51.6 Å². The summed E-state index contributed by atoms with van der Waals surface area (Å²) in [6.45, 7) is 7.82. The van der Waals surface area contributed by atoms with Crippen LogP contribution in [0.5, 0.6) is 0 Å². The lowest BCUT2D eigenvalue weighted by molar-refractivity contribution is -0.139. The molecule has 0 aliphatic carbocycles. The molecule has 2 heterocycles. The van der Waals surface area contributed by atoms with Crippen molar-refractivity contribution in [2.24, 2.45) is 5.92 Å². The summed E-state index contributed by atoms with van der Waals surface area (Å²) in [5.74, 6) is 0.245. The number of rotatable bonds is 4. The van der Waals surface area contributed by atoms with Crippen molar-refractivity contribution >= 4 is 11.8 Å². The fourth-order valence-electron chi connectivity index (χ4n) is 2.63. The van der Waals surface area contributed by atoms with Crippen LogP contribution in [-0.4, -0.2) is 74.1 Å². The second-order valence-corrected chi connectivity index (χ2v) is 5.51. The maximum atomic E-state index is 12.2. The molecule has 2 fully saturated rings. The number of hydrogen-bond donors (Lipinski definition) is 1. The number of amides is 2. The molecule has 0 aromatic rings. The molecule has 0 aromatic carbocycles. The minimum atomic E-state index is -0.0834. The highest BCUT2D eigenvalue weighted by Gasteiger charge is 2.24. The molecule has 6 heteroatoms. The molecule has 0 radical (unpaired) electrons. The van der Waals surface area contributed by atoms with Gasteiger partial charge in [-0.25, -0.2) is 0 Å². The van der Waals surface area contributed by atoms with Gasteiger partial charge < -0.3 is 19.9 Å². The van der Waals surface area contributed by atoms with Gasteiger partial charge in [-0.1, -0.05) is 6.92 Å². The van der Waals surface area contributed by atoms with Crippen molar-refractivity contribution in [1.29, 1.82) is 0 Å². The Balaban J connectivity index is 1.71. The highest BCUT2D eigenvalue weighted by atomic mass is 16.5. The number of ether oxygens (including phenoxy) is 1. The molecule has 2 aliphatic heterocycles. The first kappa shape index (κ1) is 15.3. The third-order valence-corrected chi connectivity index (χ3v) is 4.01. The number of morpholine rings is 1. The van der Waals surface area contributed by atoms with E-state index in [2.05, 4.69) is 5.32 Å². The normalized spacial score (nSPS) is 21.6. The molecule has 1 atom stereocenters. The minimum Gasteiger partial charge on any atom is -0.378 e. The number of nitrogens with one attached hydrogen (secondary N) is 1. The predicted octanol–water partition coefficient (Wildman–Crippen LogP) is -0.307. The Morgan fingerprint density at radius 3 is 2.40 bits per heavy atom. The molecule has 20 heavy (non-hydrogen) atoms. The fourth-order valence-corrected chi connectivity index (χ4v) is 2.63. The second kappa shape index (κ2) is 7.59. The van der Waals surface area contributed by atoms with Crippen molar-refractivity contribution in [3.05, 3.63) is 0 Å².